The number of aliphatic hydroxyl groups is 1. The smallest absolute Gasteiger partial charge is 0.252 e. The predicted molar refractivity (Wildman–Crippen MR) is 80.4 cm³/mol. The van der Waals surface area contributed by atoms with Crippen molar-refractivity contribution in [2.24, 2.45) is 0 Å². The van der Waals surface area contributed by atoms with Crippen molar-refractivity contribution in [1.82, 2.24) is 10.6 Å². The highest BCUT2D eigenvalue weighted by Gasteiger charge is 2.18. The molecule has 0 aliphatic heterocycles. The van der Waals surface area contributed by atoms with Crippen molar-refractivity contribution < 1.29 is 14.7 Å². The van der Waals surface area contributed by atoms with E-state index in [0.29, 0.717) is 16.5 Å². The minimum absolute atomic E-state index is 0.125. The monoisotopic (exact) mass is 342 g/mol. The van der Waals surface area contributed by atoms with Crippen molar-refractivity contribution >= 4 is 27.7 Å². The second-order valence-electron chi connectivity index (χ2n) is 4.79. The van der Waals surface area contributed by atoms with Crippen molar-refractivity contribution in [3.63, 3.8) is 0 Å². The van der Waals surface area contributed by atoms with Crippen molar-refractivity contribution in [3.8, 4) is 0 Å². The van der Waals surface area contributed by atoms with Gasteiger partial charge >= 0.3 is 0 Å². The summed E-state index contributed by atoms with van der Waals surface area (Å²) in [6.45, 7) is 3.51. The Morgan fingerprint density at radius 1 is 1.30 bits per heavy atom. The minimum atomic E-state index is -0.928. The Balaban J connectivity index is 2.42. The number of hydrogen-bond acceptors (Lipinski definition) is 3. The fourth-order valence-corrected chi connectivity index (χ4v) is 1.84. The third-order valence-electron chi connectivity index (χ3n) is 2.96. The van der Waals surface area contributed by atoms with Gasteiger partial charge in [0, 0.05) is 11.0 Å². The van der Waals surface area contributed by atoms with E-state index in [9.17, 15) is 14.7 Å². The lowest BCUT2D eigenvalue weighted by Crippen LogP contribution is -2.44. The number of benzene rings is 1. The fourth-order valence-electron chi connectivity index (χ4n) is 1.38. The van der Waals surface area contributed by atoms with Crippen LogP contribution >= 0.6 is 15.9 Å². The zero-order chi connectivity index (χ0) is 15.2. The Hall–Kier alpha value is -1.40. The maximum Gasteiger partial charge on any atom is 0.252 e. The Bertz CT molecular complexity index is 489. The molecule has 3 N–H and O–H groups in total. The molecule has 5 nitrogen and oxygen atoms in total. The molecule has 0 spiro atoms. The lowest BCUT2D eigenvalue weighted by atomic mass is 10.0. The van der Waals surface area contributed by atoms with Crippen LogP contribution in [-0.2, 0) is 4.79 Å². The van der Waals surface area contributed by atoms with Gasteiger partial charge in [0.15, 0.2) is 0 Å². The van der Waals surface area contributed by atoms with Crippen molar-refractivity contribution in [3.05, 3.63) is 34.3 Å². The Morgan fingerprint density at radius 2 is 1.95 bits per heavy atom. The number of halogens is 1. The van der Waals surface area contributed by atoms with Crippen LogP contribution in [0.2, 0.25) is 0 Å². The van der Waals surface area contributed by atoms with E-state index < -0.39 is 5.60 Å². The van der Waals surface area contributed by atoms with Crippen LogP contribution in [0.25, 0.3) is 0 Å². The lowest BCUT2D eigenvalue weighted by Gasteiger charge is -2.21. The van der Waals surface area contributed by atoms with E-state index in [4.69, 9.17) is 0 Å². The Morgan fingerprint density at radius 3 is 2.55 bits per heavy atom. The molecule has 1 unspecified atom stereocenters. The molecule has 1 rings (SSSR count). The van der Waals surface area contributed by atoms with E-state index >= 15 is 0 Å². The van der Waals surface area contributed by atoms with Crippen LogP contribution in [-0.4, -0.2) is 35.6 Å². The summed E-state index contributed by atoms with van der Waals surface area (Å²) in [5, 5.41) is 14.9. The molecule has 20 heavy (non-hydrogen) atoms. The second kappa shape index (κ2) is 7.40. The van der Waals surface area contributed by atoms with E-state index in [2.05, 4.69) is 26.6 Å². The molecule has 1 aromatic carbocycles. The first-order chi connectivity index (χ1) is 9.35. The van der Waals surface area contributed by atoms with E-state index in [-0.39, 0.29) is 24.9 Å². The Kier molecular flexibility index (Phi) is 6.16. The number of nitrogens with one attached hydrogen (secondary N) is 2. The predicted octanol–water partition coefficient (Wildman–Crippen LogP) is 1.46. The second-order valence-corrected chi connectivity index (χ2v) is 5.64. The Labute approximate surface area is 126 Å². The average Bonchev–Trinajstić information content (AvgIpc) is 2.43. The summed E-state index contributed by atoms with van der Waals surface area (Å²) < 4.78 is 0.673. The number of carbonyl (C=O) groups is 2. The number of rotatable bonds is 6. The van der Waals surface area contributed by atoms with E-state index in [1.54, 1.807) is 31.2 Å². The normalized spacial score (nSPS) is 13.4. The maximum atomic E-state index is 11.9. The van der Waals surface area contributed by atoms with Crippen molar-refractivity contribution in [2.75, 3.05) is 13.1 Å². The van der Waals surface area contributed by atoms with Crippen LogP contribution in [0.5, 0.6) is 0 Å². The lowest BCUT2D eigenvalue weighted by molar-refractivity contribution is -0.121. The van der Waals surface area contributed by atoms with Gasteiger partial charge in [0.25, 0.3) is 5.91 Å². The third kappa shape index (κ3) is 5.30. The highest BCUT2D eigenvalue weighted by Crippen LogP contribution is 2.15. The molecule has 1 aromatic rings. The van der Waals surface area contributed by atoms with Gasteiger partial charge in [-0.15, -0.1) is 0 Å². The van der Waals surface area contributed by atoms with Gasteiger partial charge in [0.05, 0.1) is 17.7 Å². The summed E-state index contributed by atoms with van der Waals surface area (Å²) in [6, 6.07) is 6.98. The quantitative estimate of drug-likeness (QED) is 0.732. The highest BCUT2D eigenvalue weighted by molar-refractivity contribution is 9.10. The summed E-state index contributed by atoms with van der Waals surface area (Å²) >= 11 is 3.28. The topological polar surface area (TPSA) is 78.4 Å². The highest BCUT2D eigenvalue weighted by atomic mass is 79.9. The van der Waals surface area contributed by atoms with Gasteiger partial charge in [-0.3, -0.25) is 9.59 Å². The summed E-state index contributed by atoms with van der Waals surface area (Å²) in [5.74, 6) is -0.658. The summed E-state index contributed by atoms with van der Waals surface area (Å²) in [4.78, 5) is 23.4. The van der Waals surface area contributed by atoms with Crippen LogP contribution in [0.15, 0.2) is 28.7 Å². The van der Waals surface area contributed by atoms with E-state index in [1.807, 2.05) is 6.92 Å². The first-order valence-corrected chi connectivity index (χ1v) is 7.17. The van der Waals surface area contributed by atoms with E-state index in [1.165, 1.54) is 0 Å². The van der Waals surface area contributed by atoms with Gasteiger partial charge in [0.1, 0.15) is 0 Å². The minimum Gasteiger partial charge on any atom is -0.388 e. The zero-order valence-corrected chi connectivity index (χ0v) is 13.2. The summed E-state index contributed by atoms with van der Waals surface area (Å²) in [7, 11) is 0. The molecule has 0 aliphatic rings. The molecule has 0 heterocycles. The fraction of sp³-hybridized carbons (Fsp3) is 0.429. The molecule has 0 radical (unpaired) electrons. The summed E-state index contributed by atoms with van der Waals surface area (Å²) in [6.07, 6.45) is 0.538. The molecule has 0 saturated heterocycles. The van der Waals surface area contributed by atoms with Gasteiger partial charge in [-0.25, -0.2) is 0 Å². The molecule has 6 heteroatoms. The molecule has 0 fully saturated rings. The molecule has 1 atom stereocenters. The molecule has 0 aliphatic carbocycles. The van der Waals surface area contributed by atoms with Crippen LogP contribution in [0, 0.1) is 0 Å². The average molecular weight is 343 g/mol. The third-order valence-corrected chi connectivity index (χ3v) is 3.65. The van der Waals surface area contributed by atoms with Crippen LogP contribution in [0.4, 0.5) is 0 Å². The molecule has 0 aromatic heterocycles. The first kappa shape index (κ1) is 16.7. The molecular weight excluding hydrogens is 324 g/mol. The first-order valence-electron chi connectivity index (χ1n) is 6.37. The van der Waals surface area contributed by atoms with Crippen molar-refractivity contribution in [2.45, 2.75) is 25.9 Å². The number of amides is 2. The summed E-state index contributed by atoms with van der Waals surface area (Å²) in [5.41, 5.74) is -0.455. The maximum absolute atomic E-state index is 11.9. The largest absolute Gasteiger partial charge is 0.388 e. The SMILES string of the molecule is CCC(C)(O)CNC(=O)CNC(=O)c1ccccc1Br. The molecular formula is C14H19BrN2O3. The van der Waals surface area contributed by atoms with Gasteiger partial charge in [-0.05, 0) is 41.4 Å². The van der Waals surface area contributed by atoms with Crippen LogP contribution < -0.4 is 10.6 Å². The van der Waals surface area contributed by atoms with Crippen LogP contribution in [0.3, 0.4) is 0 Å². The zero-order valence-electron chi connectivity index (χ0n) is 11.6. The van der Waals surface area contributed by atoms with Gasteiger partial charge < -0.3 is 15.7 Å². The molecule has 0 saturated carbocycles. The number of hydrogen-bond donors (Lipinski definition) is 3. The van der Waals surface area contributed by atoms with Crippen molar-refractivity contribution in [1.29, 1.82) is 0 Å². The van der Waals surface area contributed by atoms with Gasteiger partial charge in [-0.1, -0.05) is 19.1 Å². The van der Waals surface area contributed by atoms with Gasteiger partial charge in [-0.2, -0.15) is 0 Å². The number of carbonyl (C=O) groups excluding carboxylic acids is 2. The van der Waals surface area contributed by atoms with Crippen LogP contribution in [0.1, 0.15) is 30.6 Å². The van der Waals surface area contributed by atoms with Gasteiger partial charge in [0.2, 0.25) is 5.91 Å². The standard InChI is InChI=1S/C14H19BrN2O3/c1-3-14(2,20)9-17-12(18)8-16-13(19)10-6-4-5-7-11(10)15/h4-7,20H,3,8-9H2,1-2H3,(H,16,19)(H,17,18). The van der Waals surface area contributed by atoms with E-state index in [0.717, 1.165) is 0 Å². The molecule has 2 amide bonds. The molecule has 0 bridgehead atoms. The molecule has 110 valence electrons.